The zero-order valence-electron chi connectivity index (χ0n) is 11.9. The van der Waals surface area contributed by atoms with E-state index in [2.05, 4.69) is 4.98 Å². The third-order valence-corrected chi connectivity index (χ3v) is 4.74. The van der Waals surface area contributed by atoms with Crippen LogP contribution in [0.4, 0.5) is 10.1 Å². The van der Waals surface area contributed by atoms with Crippen LogP contribution in [0.1, 0.15) is 11.4 Å². The van der Waals surface area contributed by atoms with Gasteiger partial charge in [0.05, 0.1) is 21.3 Å². The average Bonchev–Trinajstić information content (AvgIpc) is 2.77. The number of thioether (sulfide) groups is 1. The summed E-state index contributed by atoms with van der Waals surface area (Å²) in [5.41, 5.74) is 1.99. The Bertz CT molecular complexity index is 854. The van der Waals surface area contributed by atoms with Crippen LogP contribution in [0.3, 0.4) is 0 Å². The predicted molar refractivity (Wildman–Crippen MR) is 96.0 cm³/mol. The highest BCUT2D eigenvalue weighted by molar-refractivity contribution is 8.27. The normalized spacial score (nSPS) is 16.5. The Morgan fingerprint density at radius 2 is 2.13 bits per heavy atom. The van der Waals surface area contributed by atoms with Gasteiger partial charge < -0.3 is 0 Å². The number of nitrogens with zero attached hydrogens (tertiary/aromatic N) is 2. The van der Waals surface area contributed by atoms with Gasteiger partial charge in [0.15, 0.2) is 4.32 Å². The fraction of sp³-hybridized carbons (Fsp3) is 0.0625. The smallest absolute Gasteiger partial charge is 0.268 e. The molecule has 1 aromatic carbocycles. The van der Waals surface area contributed by atoms with Crippen LogP contribution in [0.2, 0.25) is 5.02 Å². The molecule has 1 fully saturated rings. The molecule has 1 saturated heterocycles. The second kappa shape index (κ2) is 6.39. The van der Waals surface area contributed by atoms with Crippen LogP contribution < -0.4 is 4.90 Å². The van der Waals surface area contributed by atoms with E-state index in [4.69, 9.17) is 23.8 Å². The lowest BCUT2D eigenvalue weighted by molar-refractivity contribution is -0.113. The molecular weight excluding hydrogens is 355 g/mol. The van der Waals surface area contributed by atoms with Gasteiger partial charge in [0.1, 0.15) is 5.82 Å². The molecule has 0 unspecified atom stereocenters. The van der Waals surface area contributed by atoms with Crippen molar-refractivity contribution in [3.05, 3.63) is 63.5 Å². The number of carbonyl (C=O) groups excluding carboxylic acids is 1. The fourth-order valence-electron chi connectivity index (χ4n) is 2.09. The Morgan fingerprint density at radius 3 is 2.83 bits per heavy atom. The number of amides is 1. The highest BCUT2D eigenvalue weighted by Crippen LogP contribution is 2.36. The van der Waals surface area contributed by atoms with Crippen molar-refractivity contribution in [3.8, 4) is 0 Å². The molecule has 1 aliphatic rings. The van der Waals surface area contributed by atoms with Gasteiger partial charge in [0.25, 0.3) is 5.91 Å². The van der Waals surface area contributed by atoms with Crippen LogP contribution in [0.5, 0.6) is 0 Å². The molecule has 0 aliphatic carbocycles. The Balaban J connectivity index is 1.95. The first-order valence-corrected chi connectivity index (χ1v) is 8.22. The molecule has 2 aromatic rings. The van der Waals surface area contributed by atoms with Gasteiger partial charge in [-0.1, -0.05) is 41.6 Å². The Hall–Kier alpha value is -1.76. The number of rotatable bonds is 2. The first kappa shape index (κ1) is 16.1. The molecule has 0 spiro atoms. The zero-order chi connectivity index (χ0) is 16.6. The molecule has 0 atom stereocenters. The number of thiocarbonyl (C=S) groups is 1. The van der Waals surface area contributed by atoms with Gasteiger partial charge in [-0.25, -0.2) is 4.39 Å². The minimum absolute atomic E-state index is 0.0547. The van der Waals surface area contributed by atoms with Crippen LogP contribution in [-0.2, 0) is 4.79 Å². The van der Waals surface area contributed by atoms with Crippen molar-refractivity contribution >= 4 is 57.6 Å². The highest BCUT2D eigenvalue weighted by Gasteiger charge is 2.33. The molecule has 0 N–H and O–H groups in total. The maximum atomic E-state index is 13.3. The molecule has 0 radical (unpaired) electrons. The Labute approximate surface area is 147 Å². The van der Waals surface area contributed by atoms with Crippen LogP contribution in [0.25, 0.3) is 6.08 Å². The summed E-state index contributed by atoms with van der Waals surface area (Å²) in [6.07, 6.45) is 1.69. The molecule has 1 aliphatic heterocycles. The number of aromatic nitrogens is 1. The minimum Gasteiger partial charge on any atom is -0.268 e. The number of halogens is 2. The summed E-state index contributed by atoms with van der Waals surface area (Å²) in [7, 11) is 0. The van der Waals surface area contributed by atoms with Crippen LogP contribution in [0, 0.1) is 12.7 Å². The van der Waals surface area contributed by atoms with E-state index in [1.165, 1.54) is 34.9 Å². The van der Waals surface area contributed by atoms with Crippen molar-refractivity contribution in [1.29, 1.82) is 0 Å². The number of pyridine rings is 1. The SMILES string of the molecule is Cc1cccc(C=C2SC(=S)N(c3ccc(F)c(Cl)c3)C2=O)n1. The zero-order valence-corrected chi connectivity index (χ0v) is 14.3. The lowest BCUT2D eigenvalue weighted by Gasteiger charge is -2.14. The van der Waals surface area contributed by atoms with Gasteiger partial charge in [-0.15, -0.1) is 0 Å². The summed E-state index contributed by atoms with van der Waals surface area (Å²) < 4.78 is 13.7. The third-order valence-electron chi connectivity index (χ3n) is 3.14. The lowest BCUT2D eigenvalue weighted by Crippen LogP contribution is -2.27. The molecule has 23 heavy (non-hydrogen) atoms. The predicted octanol–water partition coefficient (Wildman–Crippen LogP) is 4.59. The summed E-state index contributed by atoms with van der Waals surface area (Å²) >= 11 is 12.2. The number of aryl methyl sites for hydroxylation is 1. The fourth-order valence-corrected chi connectivity index (χ4v) is 3.55. The first-order chi connectivity index (χ1) is 11.0. The van der Waals surface area contributed by atoms with E-state index in [0.717, 1.165) is 5.69 Å². The van der Waals surface area contributed by atoms with Gasteiger partial charge in [-0.05, 0) is 43.3 Å². The quantitative estimate of drug-likeness (QED) is 0.576. The van der Waals surface area contributed by atoms with Crippen LogP contribution in [0.15, 0.2) is 41.3 Å². The van der Waals surface area contributed by atoms with E-state index in [9.17, 15) is 9.18 Å². The summed E-state index contributed by atoms with van der Waals surface area (Å²) in [6, 6.07) is 9.63. The highest BCUT2D eigenvalue weighted by atomic mass is 35.5. The lowest BCUT2D eigenvalue weighted by atomic mass is 10.2. The van der Waals surface area contributed by atoms with E-state index in [1.54, 1.807) is 6.08 Å². The van der Waals surface area contributed by atoms with Crippen molar-refractivity contribution in [2.24, 2.45) is 0 Å². The summed E-state index contributed by atoms with van der Waals surface area (Å²) in [5.74, 6) is -0.814. The topological polar surface area (TPSA) is 33.2 Å². The number of anilines is 1. The van der Waals surface area contributed by atoms with E-state index in [1.807, 2.05) is 25.1 Å². The molecule has 7 heteroatoms. The van der Waals surface area contributed by atoms with Crippen molar-refractivity contribution in [2.75, 3.05) is 4.90 Å². The molecule has 1 aromatic heterocycles. The van der Waals surface area contributed by atoms with Crippen molar-refractivity contribution in [3.63, 3.8) is 0 Å². The molecule has 1 amide bonds. The average molecular weight is 365 g/mol. The van der Waals surface area contributed by atoms with Gasteiger partial charge in [0, 0.05) is 5.69 Å². The summed E-state index contributed by atoms with van der Waals surface area (Å²) in [6.45, 7) is 1.88. The van der Waals surface area contributed by atoms with E-state index in [0.29, 0.717) is 20.6 Å². The van der Waals surface area contributed by atoms with Gasteiger partial charge in [-0.3, -0.25) is 14.7 Å². The molecule has 3 nitrogen and oxygen atoms in total. The second-order valence-corrected chi connectivity index (χ2v) is 6.90. The maximum absolute atomic E-state index is 13.3. The van der Waals surface area contributed by atoms with Gasteiger partial charge in [0.2, 0.25) is 0 Å². The summed E-state index contributed by atoms with van der Waals surface area (Å²) in [5, 5.41) is -0.0547. The van der Waals surface area contributed by atoms with Crippen molar-refractivity contribution in [1.82, 2.24) is 4.98 Å². The minimum atomic E-state index is -0.541. The Kier molecular flexibility index (Phi) is 4.48. The number of hydrogen-bond donors (Lipinski definition) is 0. The largest absolute Gasteiger partial charge is 0.270 e. The molecule has 0 saturated carbocycles. The number of carbonyl (C=O) groups is 1. The summed E-state index contributed by atoms with van der Waals surface area (Å²) in [4.78, 5) is 18.7. The van der Waals surface area contributed by atoms with Crippen LogP contribution in [-0.4, -0.2) is 15.2 Å². The molecule has 3 rings (SSSR count). The second-order valence-electron chi connectivity index (χ2n) is 4.82. The molecule has 116 valence electrons. The first-order valence-electron chi connectivity index (χ1n) is 6.62. The molecular formula is C16H10ClFN2OS2. The third kappa shape index (κ3) is 3.29. The molecule has 0 bridgehead atoms. The number of hydrogen-bond acceptors (Lipinski definition) is 4. The molecule has 2 heterocycles. The van der Waals surface area contributed by atoms with E-state index < -0.39 is 5.82 Å². The number of benzene rings is 1. The van der Waals surface area contributed by atoms with E-state index >= 15 is 0 Å². The van der Waals surface area contributed by atoms with Gasteiger partial charge >= 0.3 is 0 Å². The standard InChI is InChI=1S/C16H10ClFN2OS2/c1-9-3-2-4-10(19-9)7-14-15(21)20(16(22)23-14)11-5-6-13(18)12(17)8-11/h2-8H,1H3. The Morgan fingerprint density at radius 1 is 1.35 bits per heavy atom. The monoisotopic (exact) mass is 364 g/mol. The van der Waals surface area contributed by atoms with E-state index in [-0.39, 0.29) is 10.9 Å². The maximum Gasteiger partial charge on any atom is 0.270 e. The van der Waals surface area contributed by atoms with Crippen LogP contribution >= 0.6 is 35.6 Å². The van der Waals surface area contributed by atoms with Gasteiger partial charge in [-0.2, -0.15) is 0 Å². The van der Waals surface area contributed by atoms with Crippen molar-refractivity contribution in [2.45, 2.75) is 6.92 Å². The van der Waals surface area contributed by atoms with Crippen molar-refractivity contribution < 1.29 is 9.18 Å².